The van der Waals surface area contributed by atoms with E-state index in [-0.39, 0.29) is 0 Å². The number of carbonyl (C=O) groups is 2. The van der Waals surface area contributed by atoms with Gasteiger partial charge in [0.15, 0.2) is 5.54 Å². The minimum atomic E-state index is -1.43. The highest BCUT2D eigenvalue weighted by atomic mass is 16.4. The van der Waals surface area contributed by atoms with Gasteiger partial charge in [-0.25, -0.2) is 9.59 Å². The first-order valence-corrected chi connectivity index (χ1v) is 5.85. The molecule has 1 unspecified atom stereocenters. The van der Waals surface area contributed by atoms with Gasteiger partial charge in [-0.2, -0.15) is 0 Å². The number of hydrogen-bond acceptors (Lipinski definition) is 2. The molecule has 0 aliphatic rings. The summed E-state index contributed by atoms with van der Waals surface area (Å²) < 4.78 is 0. The first-order chi connectivity index (χ1) is 8.50. The highest BCUT2D eigenvalue weighted by Crippen LogP contribution is 2.20. The molecule has 0 fully saturated rings. The molecule has 2 amide bonds. The lowest BCUT2D eigenvalue weighted by molar-refractivity contribution is -0.144. The maximum atomic E-state index is 11.6. The minimum absolute atomic E-state index is 0.481. The Labute approximate surface area is 106 Å². The SMILES string of the molecule is CCCNC(=O)NC(C)(C(=O)O)c1ccccc1. The van der Waals surface area contributed by atoms with Crippen molar-refractivity contribution < 1.29 is 14.7 Å². The van der Waals surface area contributed by atoms with Crippen molar-refractivity contribution in [3.8, 4) is 0 Å². The summed E-state index contributed by atoms with van der Waals surface area (Å²) in [5, 5.41) is 14.4. The lowest BCUT2D eigenvalue weighted by Gasteiger charge is -2.26. The third kappa shape index (κ3) is 3.23. The molecule has 0 aliphatic heterocycles. The molecule has 98 valence electrons. The summed E-state index contributed by atoms with van der Waals surface area (Å²) in [6, 6.07) is 8.14. The summed E-state index contributed by atoms with van der Waals surface area (Å²) in [6.45, 7) is 3.90. The normalized spacial score (nSPS) is 13.4. The monoisotopic (exact) mass is 250 g/mol. The van der Waals surface area contributed by atoms with Crippen molar-refractivity contribution in [3.63, 3.8) is 0 Å². The number of benzene rings is 1. The first-order valence-electron chi connectivity index (χ1n) is 5.85. The number of amides is 2. The molecule has 0 bridgehead atoms. The molecule has 0 saturated carbocycles. The fourth-order valence-corrected chi connectivity index (χ4v) is 1.53. The molecule has 0 heterocycles. The van der Waals surface area contributed by atoms with Crippen molar-refractivity contribution in [2.24, 2.45) is 0 Å². The largest absolute Gasteiger partial charge is 0.479 e. The summed E-state index contributed by atoms with van der Waals surface area (Å²) in [5.74, 6) is -1.10. The summed E-state index contributed by atoms with van der Waals surface area (Å²) in [4.78, 5) is 23.0. The smallest absolute Gasteiger partial charge is 0.333 e. The molecule has 0 aliphatic carbocycles. The van der Waals surface area contributed by atoms with Gasteiger partial charge in [0.05, 0.1) is 0 Å². The number of hydrogen-bond donors (Lipinski definition) is 3. The van der Waals surface area contributed by atoms with Crippen LogP contribution in [0, 0.1) is 0 Å². The van der Waals surface area contributed by atoms with Crippen LogP contribution in [0.1, 0.15) is 25.8 Å². The number of aliphatic carboxylic acids is 1. The minimum Gasteiger partial charge on any atom is -0.479 e. The van der Waals surface area contributed by atoms with Crippen LogP contribution in [-0.4, -0.2) is 23.7 Å². The fraction of sp³-hybridized carbons (Fsp3) is 0.385. The molecule has 1 aromatic carbocycles. The van der Waals surface area contributed by atoms with Gasteiger partial charge in [-0.05, 0) is 18.9 Å². The van der Waals surface area contributed by atoms with Crippen LogP contribution in [-0.2, 0) is 10.3 Å². The molecular weight excluding hydrogens is 232 g/mol. The molecule has 0 radical (unpaired) electrons. The average molecular weight is 250 g/mol. The zero-order valence-electron chi connectivity index (χ0n) is 10.6. The molecule has 0 aromatic heterocycles. The predicted octanol–water partition coefficient (Wildman–Crippen LogP) is 1.70. The van der Waals surface area contributed by atoms with E-state index in [0.29, 0.717) is 12.1 Å². The number of carboxylic acid groups (broad SMARTS) is 1. The maximum Gasteiger partial charge on any atom is 0.333 e. The van der Waals surface area contributed by atoms with Gasteiger partial charge < -0.3 is 15.7 Å². The van der Waals surface area contributed by atoms with E-state index in [9.17, 15) is 14.7 Å². The summed E-state index contributed by atoms with van der Waals surface area (Å²) in [5.41, 5.74) is -0.900. The zero-order valence-corrected chi connectivity index (χ0v) is 10.6. The van der Waals surface area contributed by atoms with E-state index in [1.165, 1.54) is 6.92 Å². The first kappa shape index (κ1) is 14.0. The van der Waals surface area contributed by atoms with Crippen LogP contribution in [0.3, 0.4) is 0 Å². The van der Waals surface area contributed by atoms with Crippen LogP contribution >= 0.6 is 0 Å². The van der Waals surface area contributed by atoms with E-state index < -0.39 is 17.5 Å². The molecule has 0 saturated heterocycles. The standard InChI is InChI=1S/C13H18N2O3/c1-3-9-14-12(18)15-13(2,11(16)17)10-7-5-4-6-8-10/h4-8H,3,9H2,1-2H3,(H,16,17)(H2,14,15,18). The van der Waals surface area contributed by atoms with Gasteiger partial charge in [0.2, 0.25) is 0 Å². The fourth-order valence-electron chi connectivity index (χ4n) is 1.53. The highest BCUT2D eigenvalue weighted by Gasteiger charge is 2.36. The Morgan fingerprint density at radius 3 is 2.39 bits per heavy atom. The van der Waals surface area contributed by atoms with Gasteiger partial charge in [-0.1, -0.05) is 37.3 Å². The second kappa shape index (κ2) is 6.05. The van der Waals surface area contributed by atoms with Gasteiger partial charge in [0.1, 0.15) is 0 Å². The topological polar surface area (TPSA) is 78.4 Å². The Bertz CT molecular complexity index is 420. The Morgan fingerprint density at radius 1 is 1.28 bits per heavy atom. The quantitative estimate of drug-likeness (QED) is 0.744. The third-order valence-corrected chi connectivity index (χ3v) is 2.68. The van der Waals surface area contributed by atoms with Crippen LogP contribution in [0.15, 0.2) is 30.3 Å². The molecule has 3 N–H and O–H groups in total. The van der Waals surface area contributed by atoms with Crippen molar-refractivity contribution in [1.29, 1.82) is 0 Å². The molecule has 1 atom stereocenters. The summed E-state index contributed by atoms with van der Waals surface area (Å²) >= 11 is 0. The van der Waals surface area contributed by atoms with Gasteiger partial charge in [0.25, 0.3) is 0 Å². The summed E-state index contributed by atoms with van der Waals surface area (Å²) in [6.07, 6.45) is 0.794. The predicted molar refractivity (Wildman–Crippen MR) is 68.3 cm³/mol. The van der Waals surface area contributed by atoms with Gasteiger partial charge in [-0.3, -0.25) is 0 Å². The van der Waals surface area contributed by atoms with E-state index in [0.717, 1.165) is 6.42 Å². The Kier molecular flexibility index (Phi) is 4.71. The van der Waals surface area contributed by atoms with Crippen LogP contribution in [0.5, 0.6) is 0 Å². The lowest BCUT2D eigenvalue weighted by atomic mass is 9.92. The third-order valence-electron chi connectivity index (χ3n) is 2.68. The van der Waals surface area contributed by atoms with Crippen LogP contribution in [0.25, 0.3) is 0 Å². The molecule has 5 heteroatoms. The molecular formula is C13H18N2O3. The van der Waals surface area contributed by atoms with Crippen molar-refractivity contribution in [3.05, 3.63) is 35.9 Å². The molecule has 5 nitrogen and oxygen atoms in total. The second-order valence-corrected chi connectivity index (χ2v) is 4.18. The van der Waals surface area contributed by atoms with Crippen LogP contribution in [0.2, 0.25) is 0 Å². The van der Waals surface area contributed by atoms with Gasteiger partial charge in [0, 0.05) is 6.54 Å². The number of rotatable bonds is 5. The summed E-state index contributed by atoms with van der Waals surface area (Å²) in [7, 11) is 0. The highest BCUT2D eigenvalue weighted by molar-refractivity contribution is 5.87. The van der Waals surface area contributed by atoms with Gasteiger partial charge >= 0.3 is 12.0 Å². The zero-order chi connectivity index (χ0) is 13.6. The number of carboxylic acids is 1. The van der Waals surface area contributed by atoms with Crippen molar-refractivity contribution in [1.82, 2.24) is 10.6 Å². The van der Waals surface area contributed by atoms with E-state index in [1.807, 2.05) is 6.92 Å². The Morgan fingerprint density at radius 2 is 1.89 bits per heavy atom. The molecule has 0 spiro atoms. The van der Waals surface area contributed by atoms with Gasteiger partial charge in [-0.15, -0.1) is 0 Å². The van der Waals surface area contributed by atoms with Crippen LogP contribution < -0.4 is 10.6 Å². The van der Waals surface area contributed by atoms with Crippen LogP contribution in [0.4, 0.5) is 4.79 Å². The Hall–Kier alpha value is -2.04. The van der Waals surface area contributed by atoms with Crippen molar-refractivity contribution in [2.45, 2.75) is 25.8 Å². The number of carbonyl (C=O) groups excluding carboxylic acids is 1. The van der Waals surface area contributed by atoms with E-state index >= 15 is 0 Å². The molecule has 18 heavy (non-hydrogen) atoms. The number of urea groups is 1. The van der Waals surface area contributed by atoms with E-state index in [4.69, 9.17) is 0 Å². The number of nitrogens with one attached hydrogen (secondary N) is 2. The van der Waals surface area contributed by atoms with Crippen molar-refractivity contribution >= 4 is 12.0 Å². The maximum absolute atomic E-state index is 11.6. The molecule has 1 aromatic rings. The van der Waals surface area contributed by atoms with Crippen molar-refractivity contribution in [2.75, 3.05) is 6.54 Å². The molecule has 1 rings (SSSR count). The average Bonchev–Trinajstić information content (AvgIpc) is 2.37. The van der Waals surface area contributed by atoms with E-state index in [2.05, 4.69) is 10.6 Å². The Balaban J connectivity index is 2.89. The second-order valence-electron chi connectivity index (χ2n) is 4.18. The van der Waals surface area contributed by atoms with E-state index in [1.54, 1.807) is 30.3 Å². The lowest BCUT2D eigenvalue weighted by Crippen LogP contribution is -2.53.